The number of rotatable bonds is 6. The average Bonchev–Trinajstić information content (AvgIpc) is 3.05. The molecule has 0 spiro atoms. The first-order valence-electron chi connectivity index (χ1n) is 10.9. The lowest BCUT2D eigenvalue weighted by Gasteiger charge is -2.29. The standard InChI is InChI=1S/C25H27FN2O4/c1-17-3-5-19(6-4-17)23(29)21-22(18-7-9-20(26)10-8-18)28(25(31)24(21)30)12-2-11-27-13-15-32-16-14-27/h3-10,22,29H,2,11-16H2,1H3/b23-21+/t22-/m0/s1. The fourth-order valence-corrected chi connectivity index (χ4v) is 4.26. The van der Waals surface area contributed by atoms with E-state index in [1.165, 1.54) is 17.0 Å². The minimum absolute atomic E-state index is 0.0387. The van der Waals surface area contributed by atoms with Gasteiger partial charge in [0.05, 0.1) is 24.8 Å². The first-order valence-corrected chi connectivity index (χ1v) is 10.9. The number of carbonyl (C=O) groups is 2. The number of halogens is 1. The number of Topliss-reactive ketones (excluding diaryl/α,β-unsaturated/α-hetero) is 1. The zero-order valence-electron chi connectivity index (χ0n) is 18.1. The monoisotopic (exact) mass is 438 g/mol. The van der Waals surface area contributed by atoms with Gasteiger partial charge in [0.25, 0.3) is 11.7 Å². The fourth-order valence-electron chi connectivity index (χ4n) is 4.26. The first kappa shape index (κ1) is 22.2. The minimum atomic E-state index is -0.762. The molecule has 2 aliphatic heterocycles. The highest BCUT2D eigenvalue weighted by Crippen LogP contribution is 2.39. The molecular weight excluding hydrogens is 411 g/mol. The minimum Gasteiger partial charge on any atom is -0.507 e. The van der Waals surface area contributed by atoms with Crippen LogP contribution in [0.4, 0.5) is 4.39 Å². The van der Waals surface area contributed by atoms with E-state index < -0.39 is 23.5 Å². The molecule has 0 aliphatic carbocycles. The number of aliphatic hydroxyl groups is 1. The highest BCUT2D eigenvalue weighted by atomic mass is 19.1. The summed E-state index contributed by atoms with van der Waals surface area (Å²) in [7, 11) is 0. The molecule has 0 aromatic heterocycles. The van der Waals surface area contributed by atoms with Gasteiger partial charge in [0.2, 0.25) is 0 Å². The molecular formula is C25H27FN2O4. The van der Waals surface area contributed by atoms with Crippen LogP contribution in [0.3, 0.4) is 0 Å². The lowest BCUT2D eigenvalue weighted by atomic mass is 9.95. The number of likely N-dealkylation sites (tertiary alicyclic amines) is 1. The zero-order valence-corrected chi connectivity index (χ0v) is 18.1. The van der Waals surface area contributed by atoms with Gasteiger partial charge in [-0.1, -0.05) is 42.0 Å². The highest BCUT2D eigenvalue weighted by Gasteiger charge is 2.45. The number of hydrogen-bond donors (Lipinski definition) is 1. The van der Waals surface area contributed by atoms with Gasteiger partial charge in [-0.05, 0) is 31.0 Å². The number of aliphatic hydroxyl groups excluding tert-OH is 1. The van der Waals surface area contributed by atoms with Crippen molar-refractivity contribution in [3.63, 3.8) is 0 Å². The molecule has 2 saturated heterocycles. The number of hydrogen-bond acceptors (Lipinski definition) is 5. The third kappa shape index (κ3) is 4.59. The Hall–Kier alpha value is -3.03. The Bertz CT molecular complexity index is 1010. The summed E-state index contributed by atoms with van der Waals surface area (Å²) in [6.45, 7) is 6.12. The smallest absolute Gasteiger partial charge is 0.295 e. The van der Waals surface area contributed by atoms with Gasteiger partial charge in [0.1, 0.15) is 11.6 Å². The molecule has 0 unspecified atom stereocenters. The van der Waals surface area contributed by atoms with E-state index in [9.17, 15) is 19.1 Å². The normalized spacial score (nSPS) is 21.3. The lowest BCUT2D eigenvalue weighted by molar-refractivity contribution is -0.140. The van der Waals surface area contributed by atoms with Crippen molar-refractivity contribution in [3.05, 3.63) is 76.6 Å². The Morgan fingerprint density at radius 1 is 1.03 bits per heavy atom. The molecule has 1 N–H and O–H groups in total. The number of morpholine rings is 1. The molecule has 2 aromatic rings. The topological polar surface area (TPSA) is 70.1 Å². The second-order valence-electron chi connectivity index (χ2n) is 8.22. The number of nitrogens with zero attached hydrogens (tertiary/aromatic N) is 2. The Morgan fingerprint density at radius 2 is 1.69 bits per heavy atom. The van der Waals surface area contributed by atoms with E-state index in [0.717, 1.165) is 25.2 Å². The molecule has 2 aliphatic rings. The second kappa shape index (κ2) is 9.63. The van der Waals surface area contributed by atoms with E-state index in [2.05, 4.69) is 4.90 Å². The van der Waals surface area contributed by atoms with Crippen LogP contribution in [0.5, 0.6) is 0 Å². The Morgan fingerprint density at radius 3 is 2.34 bits per heavy atom. The van der Waals surface area contributed by atoms with Crippen molar-refractivity contribution in [2.75, 3.05) is 39.4 Å². The summed E-state index contributed by atoms with van der Waals surface area (Å²) in [6, 6.07) is 12.1. The van der Waals surface area contributed by atoms with Gasteiger partial charge < -0.3 is 14.7 Å². The van der Waals surface area contributed by atoms with Gasteiger partial charge in [-0.25, -0.2) is 4.39 Å². The average molecular weight is 438 g/mol. The molecule has 6 nitrogen and oxygen atoms in total. The van der Waals surface area contributed by atoms with Crippen LogP contribution < -0.4 is 0 Å². The second-order valence-corrected chi connectivity index (χ2v) is 8.22. The van der Waals surface area contributed by atoms with E-state index in [1.54, 1.807) is 24.3 Å². The number of ether oxygens (including phenoxy) is 1. The summed E-state index contributed by atoms with van der Waals surface area (Å²) in [5.41, 5.74) is 2.11. The van der Waals surface area contributed by atoms with Crippen LogP contribution in [0, 0.1) is 12.7 Å². The molecule has 2 fully saturated rings. The molecule has 7 heteroatoms. The summed E-state index contributed by atoms with van der Waals surface area (Å²) in [5, 5.41) is 11.0. The van der Waals surface area contributed by atoms with Crippen molar-refractivity contribution >= 4 is 17.4 Å². The third-order valence-corrected chi connectivity index (χ3v) is 6.03. The van der Waals surface area contributed by atoms with Gasteiger partial charge in [-0.15, -0.1) is 0 Å². The predicted molar refractivity (Wildman–Crippen MR) is 118 cm³/mol. The quantitative estimate of drug-likeness (QED) is 0.426. The summed E-state index contributed by atoms with van der Waals surface area (Å²) >= 11 is 0. The molecule has 0 bridgehead atoms. The van der Waals surface area contributed by atoms with Gasteiger partial charge in [-0.2, -0.15) is 0 Å². The summed E-state index contributed by atoms with van der Waals surface area (Å²) in [5.74, 6) is -1.98. The van der Waals surface area contributed by atoms with Crippen LogP contribution in [-0.2, 0) is 14.3 Å². The number of aryl methyl sites for hydroxylation is 1. The van der Waals surface area contributed by atoms with E-state index in [0.29, 0.717) is 37.3 Å². The van der Waals surface area contributed by atoms with Gasteiger partial charge in [0.15, 0.2) is 0 Å². The number of carbonyl (C=O) groups excluding carboxylic acids is 2. The molecule has 2 aromatic carbocycles. The van der Waals surface area contributed by atoms with Crippen molar-refractivity contribution in [1.82, 2.24) is 9.80 Å². The third-order valence-electron chi connectivity index (χ3n) is 6.03. The van der Waals surface area contributed by atoms with E-state index in [4.69, 9.17) is 4.74 Å². The van der Waals surface area contributed by atoms with E-state index in [1.807, 2.05) is 19.1 Å². The molecule has 168 valence electrons. The number of amides is 1. The van der Waals surface area contributed by atoms with Crippen LogP contribution in [-0.4, -0.2) is 66.0 Å². The maximum atomic E-state index is 13.6. The van der Waals surface area contributed by atoms with E-state index in [-0.39, 0.29) is 11.3 Å². The molecule has 1 amide bonds. The van der Waals surface area contributed by atoms with Gasteiger partial charge in [0, 0.05) is 31.7 Å². The molecule has 1 atom stereocenters. The zero-order chi connectivity index (χ0) is 22.7. The van der Waals surface area contributed by atoms with Crippen LogP contribution >= 0.6 is 0 Å². The summed E-state index contributed by atoms with van der Waals surface area (Å²) in [4.78, 5) is 29.7. The van der Waals surface area contributed by atoms with Crippen LogP contribution in [0.1, 0.15) is 29.2 Å². The largest absolute Gasteiger partial charge is 0.507 e. The van der Waals surface area contributed by atoms with Crippen molar-refractivity contribution in [2.24, 2.45) is 0 Å². The molecule has 0 radical (unpaired) electrons. The molecule has 0 saturated carbocycles. The Kier molecular flexibility index (Phi) is 6.67. The van der Waals surface area contributed by atoms with Crippen molar-refractivity contribution in [3.8, 4) is 0 Å². The molecule has 4 rings (SSSR count). The SMILES string of the molecule is Cc1ccc(/C(O)=C2\C(=O)C(=O)N(CCCN3CCOCC3)[C@H]2c2ccc(F)cc2)cc1. The van der Waals surface area contributed by atoms with Gasteiger partial charge >= 0.3 is 0 Å². The maximum Gasteiger partial charge on any atom is 0.295 e. The van der Waals surface area contributed by atoms with Crippen molar-refractivity contribution in [1.29, 1.82) is 0 Å². The first-order chi connectivity index (χ1) is 15.5. The lowest BCUT2D eigenvalue weighted by Crippen LogP contribution is -2.38. The summed E-state index contributed by atoms with van der Waals surface area (Å²) < 4.78 is 18.9. The molecule has 32 heavy (non-hydrogen) atoms. The number of ketones is 1. The number of benzene rings is 2. The van der Waals surface area contributed by atoms with Gasteiger partial charge in [-0.3, -0.25) is 14.5 Å². The van der Waals surface area contributed by atoms with E-state index >= 15 is 0 Å². The Balaban J connectivity index is 1.66. The Labute approximate surface area is 186 Å². The molecule has 2 heterocycles. The maximum absolute atomic E-state index is 13.6. The fraction of sp³-hybridized carbons (Fsp3) is 0.360. The van der Waals surface area contributed by atoms with Crippen LogP contribution in [0.15, 0.2) is 54.1 Å². The summed E-state index contributed by atoms with van der Waals surface area (Å²) in [6.07, 6.45) is 0.676. The predicted octanol–water partition coefficient (Wildman–Crippen LogP) is 3.28. The highest BCUT2D eigenvalue weighted by molar-refractivity contribution is 6.46. The van der Waals surface area contributed by atoms with Crippen molar-refractivity contribution in [2.45, 2.75) is 19.4 Å². The van der Waals surface area contributed by atoms with Crippen molar-refractivity contribution < 1.29 is 23.8 Å². The van der Waals surface area contributed by atoms with Crippen LogP contribution in [0.25, 0.3) is 5.76 Å². The van der Waals surface area contributed by atoms with Crippen LogP contribution in [0.2, 0.25) is 0 Å².